The highest BCUT2D eigenvalue weighted by Gasteiger charge is 2.19. The highest BCUT2D eigenvalue weighted by Crippen LogP contribution is 2.19. The van der Waals surface area contributed by atoms with Crippen LogP contribution in [0.25, 0.3) is 0 Å². The topological polar surface area (TPSA) is 104 Å². The average molecular weight is 468 g/mol. The first-order valence-corrected chi connectivity index (χ1v) is 11.0. The van der Waals surface area contributed by atoms with Gasteiger partial charge in [-0.1, -0.05) is 28.9 Å². The molecule has 1 unspecified atom stereocenters. The zero-order valence-electron chi connectivity index (χ0n) is 15.5. The molecule has 2 aromatic rings. The van der Waals surface area contributed by atoms with Gasteiger partial charge in [0, 0.05) is 22.3 Å². The molecule has 1 atom stereocenters. The summed E-state index contributed by atoms with van der Waals surface area (Å²) in [5.41, 5.74) is 0.549. The summed E-state index contributed by atoms with van der Waals surface area (Å²) in [7, 11) is -3.86. The Morgan fingerprint density at radius 2 is 1.79 bits per heavy atom. The van der Waals surface area contributed by atoms with Crippen LogP contribution in [-0.4, -0.2) is 32.8 Å². The Balaban J connectivity index is 2.12. The van der Waals surface area contributed by atoms with Gasteiger partial charge >= 0.3 is 0 Å². The van der Waals surface area contributed by atoms with E-state index < -0.39 is 22.0 Å². The summed E-state index contributed by atoms with van der Waals surface area (Å²) >= 11 is 3.29. The molecule has 9 heteroatoms. The fraction of sp³-hybridized carbons (Fsp3) is 0.263. The standard InChI is InChI=1S/C19H22BrN3O4S/c1-3-11-21-18(24)13(2)22-19(25)14-5-4-6-17(12-14)28(26,27)23-16-9-7-15(20)8-10-16/h4-10,12-13,23H,3,11H2,1-2H3,(H,21,24)(H,22,25). The smallest absolute Gasteiger partial charge is 0.261 e. The lowest BCUT2D eigenvalue weighted by molar-refractivity contribution is -0.122. The molecule has 0 aliphatic heterocycles. The Hall–Kier alpha value is -2.39. The van der Waals surface area contributed by atoms with Crippen LogP contribution >= 0.6 is 15.9 Å². The summed E-state index contributed by atoms with van der Waals surface area (Å²) in [5, 5.41) is 5.26. The second kappa shape index (κ2) is 9.70. The van der Waals surface area contributed by atoms with Gasteiger partial charge in [0.1, 0.15) is 6.04 Å². The van der Waals surface area contributed by atoms with Crippen molar-refractivity contribution in [2.75, 3.05) is 11.3 Å². The predicted molar refractivity (Wildman–Crippen MR) is 112 cm³/mol. The van der Waals surface area contributed by atoms with Crippen LogP contribution in [-0.2, 0) is 14.8 Å². The largest absolute Gasteiger partial charge is 0.354 e. The van der Waals surface area contributed by atoms with E-state index in [-0.39, 0.29) is 16.4 Å². The molecule has 2 amide bonds. The van der Waals surface area contributed by atoms with Crippen LogP contribution in [0.4, 0.5) is 5.69 Å². The third kappa shape index (κ3) is 6.07. The Bertz CT molecular complexity index is 946. The molecule has 0 radical (unpaired) electrons. The van der Waals surface area contributed by atoms with Crippen molar-refractivity contribution in [2.45, 2.75) is 31.2 Å². The van der Waals surface area contributed by atoms with E-state index in [1.54, 1.807) is 31.2 Å². The Morgan fingerprint density at radius 3 is 2.43 bits per heavy atom. The van der Waals surface area contributed by atoms with Gasteiger partial charge in [-0.3, -0.25) is 14.3 Å². The van der Waals surface area contributed by atoms with Crippen molar-refractivity contribution in [3.63, 3.8) is 0 Å². The summed E-state index contributed by atoms with van der Waals surface area (Å²) in [6.07, 6.45) is 0.789. The quantitative estimate of drug-likeness (QED) is 0.554. The number of halogens is 1. The van der Waals surface area contributed by atoms with Crippen molar-refractivity contribution in [1.29, 1.82) is 0 Å². The SMILES string of the molecule is CCCNC(=O)C(C)NC(=O)c1cccc(S(=O)(=O)Nc2ccc(Br)cc2)c1. The lowest BCUT2D eigenvalue weighted by atomic mass is 10.2. The van der Waals surface area contributed by atoms with Gasteiger partial charge in [-0.25, -0.2) is 8.42 Å². The molecule has 0 spiro atoms. The number of anilines is 1. The van der Waals surface area contributed by atoms with Crippen molar-refractivity contribution in [1.82, 2.24) is 10.6 Å². The van der Waals surface area contributed by atoms with E-state index in [1.807, 2.05) is 6.92 Å². The fourth-order valence-electron chi connectivity index (χ4n) is 2.28. The fourth-order valence-corrected chi connectivity index (χ4v) is 3.65. The van der Waals surface area contributed by atoms with Crippen LogP contribution in [0.1, 0.15) is 30.6 Å². The molecule has 28 heavy (non-hydrogen) atoms. The maximum atomic E-state index is 12.6. The summed E-state index contributed by atoms with van der Waals surface area (Å²) in [6.45, 7) is 4.02. The van der Waals surface area contributed by atoms with Gasteiger partial charge in [-0.15, -0.1) is 0 Å². The highest BCUT2D eigenvalue weighted by atomic mass is 79.9. The molecule has 7 nitrogen and oxygen atoms in total. The summed E-state index contributed by atoms with van der Waals surface area (Å²) in [6, 6.07) is 11.6. The van der Waals surface area contributed by atoms with Crippen molar-refractivity contribution < 1.29 is 18.0 Å². The maximum absolute atomic E-state index is 12.6. The molecule has 2 aromatic carbocycles. The lowest BCUT2D eigenvalue weighted by Crippen LogP contribution is -2.45. The minimum atomic E-state index is -3.86. The zero-order valence-corrected chi connectivity index (χ0v) is 17.9. The molecule has 150 valence electrons. The monoisotopic (exact) mass is 467 g/mol. The molecular weight excluding hydrogens is 446 g/mol. The van der Waals surface area contributed by atoms with Gasteiger partial charge in [0.2, 0.25) is 5.91 Å². The van der Waals surface area contributed by atoms with Gasteiger partial charge in [0.25, 0.3) is 15.9 Å². The van der Waals surface area contributed by atoms with Crippen molar-refractivity contribution in [2.24, 2.45) is 0 Å². The number of nitrogens with one attached hydrogen (secondary N) is 3. The van der Waals surface area contributed by atoms with Crippen LogP contribution in [0.15, 0.2) is 57.9 Å². The van der Waals surface area contributed by atoms with E-state index in [9.17, 15) is 18.0 Å². The third-order valence-corrected chi connectivity index (χ3v) is 5.70. The number of hydrogen-bond donors (Lipinski definition) is 3. The first kappa shape index (κ1) is 21.9. The van der Waals surface area contributed by atoms with E-state index in [4.69, 9.17) is 0 Å². The van der Waals surface area contributed by atoms with Crippen LogP contribution in [0.2, 0.25) is 0 Å². The van der Waals surface area contributed by atoms with Crippen LogP contribution < -0.4 is 15.4 Å². The molecule has 0 aromatic heterocycles. The Kier molecular flexibility index (Phi) is 7.59. The Labute approximate surface area is 173 Å². The minimum Gasteiger partial charge on any atom is -0.354 e. The number of amides is 2. The molecule has 0 aliphatic carbocycles. The molecule has 0 aliphatic rings. The molecule has 0 saturated heterocycles. The van der Waals surface area contributed by atoms with Gasteiger partial charge in [0.05, 0.1) is 4.90 Å². The van der Waals surface area contributed by atoms with Crippen molar-refractivity contribution >= 4 is 43.5 Å². The molecule has 0 saturated carbocycles. The van der Waals surface area contributed by atoms with Crippen LogP contribution in [0.5, 0.6) is 0 Å². The summed E-state index contributed by atoms with van der Waals surface area (Å²) < 4.78 is 28.5. The van der Waals surface area contributed by atoms with Crippen molar-refractivity contribution in [3.05, 3.63) is 58.6 Å². The average Bonchev–Trinajstić information content (AvgIpc) is 2.67. The van der Waals surface area contributed by atoms with Crippen molar-refractivity contribution in [3.8, 4) is 0 Å². The number of hydrogen-bond acceptors (Lipinski definition) is 4. The second-order valence-electron chi connectivity index (χ2n) is 6.13. The van der Waals surface area contributed by atoms with Crippen LogP contribution in [0, 0.1) is 0 Å². The van der Waals surface area contributed by atoms with E-state index in [0.29, 0.717) is 12.2 Å². The number of sulfonamides is 1. The molecule has 0 bridgehead atoms. The number of benzene rings is 2. The number of carbonyl (C=O) groups excluding carboxylic acids is 2. The molecular formula is C19H22BrN3O4S. The minimum absolute atomic E-state index is 0.0499. The van der Waals surface area contributed by atoms with E-state index in [2.05, 4.69) is 31.3 Å². The normalized spacial score (nSPS) is 12.1. The first-order chi connectivity index (χ1) is 13.2. The molecule has 0 fully saturated rings. The summed E-state index contributed by atoms with van der Waals surface area (Å²) in [5.74, 6) is -0.823. The van der Waals surface area contributed by atoms with Gasteiger partial charge < -0.3 is 10.6 Å². The first-order valence-electron chi connectivity index (χ1n) is 8.70. The zero-order chi connectivity index (χ0) is 20.7. The van der Waals surface area contributed by atoms with E-state index in [0.717, 1.165) is 10.9 Å². The maximum Gasteiger partial charge on any atom is 0.261 e. The number of rotatable bonds is 8. The van der Waals surface area contributed by atoms with Gasteiger partial charge in [0.15, 0.2) is 0 Å². The molecule has 2 rings (SSSR count). The highest BCUT2D eigenvalue weighted by molar-refractivity contribution is 9.10. The third-order valence-electron chi connectivity index (χ3n) is 3.79. The number of carbonyl (C=O) groups is 2. The Morgan fingerprint density at radius 1 is 1.11 bits per heavy atom. The van der Waals surface area contributed by atoms with Gasteiger partial charge in [-0.05, 0) is 55.8 Å². The molecule has 0 heterocycles. The van der Waals surface area contributed by atoms with Gasteiger partial charge in [-0.2, -0.15) is 0 Å². The lowest BCUT2D eigenvalue weighted by Gasteiger charge is -2.14. The van der Waals surface area contributed by atoms with E-state index in [1.165, 1.54) is 24.3 Å². The second-order valence-corrected chi connectivity index (χ2v) is 8.72. The predicted octanol–water partition coefficient (Wildman–Crippen LogP) is 2.89. The molecule has 3 N–H and O–H groups in total. The van der Waals surface area contributed by atoms with Crippen LogP contribution in [0.3, 0.4) is 0 Å². The summed E-state index contributed by atoms with van der Waals surface area (Å²) in [4.78, 5) is 24.2. The van der Waals surface area contributed by atoms with E-state index >= 15 is 0 Å².